The van der Waals surface area contributed by atoms with Crippen molar-refractivity contribution in [1.29, 1.82) is 0 Å². The maximum absolute atomic E-state index is 12.1. The summed E-state index contributed by atoms with van der Waals surface area (Å²) in [7, 11) is 1.66. The van der Waals surface area contributed by atoms with E-state index in [-0.39, 0.29) is 6.54 Å². The first-order chi connectivity index (χ1) is 8.78. The molecule has 110 valence electrons. The van der Waals surface area contributed by atoms with Crippen LogP contribution in [0.4, 0.5) is 13.2 Å². The molecular weight excluding hydrogens is 257 g/mol. The van der Waals surface area contributed by atoms with Crippen molar-refractivity contribution in [2.45, 2.75) is 45.6 Å². The molecule has 1 aromatic rings. The highest BCUT2D eigenvalue weighted by Crippen LogP contribution is 2.20. The number of nitrogens with zero attached hydrogens (tertiary/aromatic N) is 1. The van der Waals surface area contributed by atoms with Crippen LogP contribution < -0.4 is 5.32 Å². The van der Waals surface area contributed by atoms with Crippen molar-refractivity contribution in [3.63, 3.8) is 0 Å². The summed E-state index contributed by atoms with van der Waals surface area (Å²) in [4.78, 5) is 1.62. The number of hydrogen-bond acceptors (Lipinski definition) is 3. The van der Waals surface area contributed by atoms with Gasteiger partial charge in [-0.15, -0.1) is 0 Å². The fourth-order valence-electron chi connectivity index (χ4n) is 1.62. The van der Waals surface area contributed by atoms with Gasteiger partial charge in [-0.1, -0.05) is 13.8 Å². The van der Waals surface area contributed by atoms with E-state index in [0.717, 1.165) is 11.3 Å². The van der Waals surface area contributed by atoms with Gasteiger partial charge in [0, 0.05) is 24.7 Å². The molecule has 0 atom stereocenters. The number of nitrogens with one attached hydrogen (secondary N) is 1. The van der Waals surface area contributed by atoms with E-state index in [1.165, 1.54) is 0 Å². The monoisotopic (exact) mass is 278 g/mol. The molecule has 0 radical (unpaired) electrons. The van der Waals surface area contributed by atoms with Gasteiger partial charge >= 0.3 is 6.18 Å². The summed E-state index contributed by atoms with van der Waals surface area (Å²) in [6.07, 6.45) is -3.34. The molecule has 0 fully saturated rings. The van der Waals surface area contributed by atoms with Crippen LogP contribution >= 0.6 is 0 Å². The maximum atomic E-state index is 12.1. The predicted octanol–water partition coefficient (Wildman–Crippen LogP) is 3.16. The molecule has 0 aliphatic carbocycles. The summed E-state index contributed by atoms with van der Waals surface area (Å²) in [5, 5.41) is 3.26. The van der Waals surface area contributed by atoms with Gasteiger partial charge in [-0.25, -0.2) is 0 Å². The van der Waals surface area contributed by atoms with E-state index in [2.05, 4.69) is 5.32 Å². The average Bonchev–Trinajstić information content (AvgIpc) is 2.70. The summed E-state index contributed by atoms with van der Waals surface area (Å²) in [5.41, 5.74) is 0.993. The molecule has 0 aliphatic heterocycles. The maximum Gasteiger partial charge on any atom is 0.390 e. The van der Waals surface area contributed by atoms with Gasteiger partial charge in [0.15, 0.2) is 0 Å². The lowest BCUT2D eigenvalue weighted by Gasteiger charge is -2.17. The molecule has 0 unspecified atom stereocenters. The number of rotatable bonds is 7. The molecule has 6 heteroatoms. The lowest BCUT2D eigenvalue weighted by molar-refractivity contribution is -0.137. The van der Waals surface area contributed by atoms with E-state index < -0.39 is 12.6 Å². The van der Waals surface area contributed by atoms with Crippen LogP contribution in [0, 0.1) is 0 Å². The third-order valence-corrected chi connectivity index (χ3v) is 2.73. The first-order valence-electron chi connectivity index (χ1n) is 6.32. The SMILES string of the molecule is CC(C)NCc1ccoc1CN(C)CCC(F)(F)F. The van der Waals surface area contributed by atoms with E-state index in [1.54, 1.807) is 18.2 Å². The minimum atomic E-state index is -4.11. The Morgan fingerprint density at radius 2 is 2.05 bits per heavy atom. The van der Waals surface area contributed by atoms with Gasteiger partial charge in [0.2, 0.25) is 0 Å². The standard InChI is InChI=1S/C13H21F3N2O/c1-10(2)17-8-11-4-7-19-12(11)9-18(3)6-5-13(14,15)16/h4,7,10,17H,5-6,8-9H2,1-3H3. The lowest BCUT2D eigenvalue weighted by Crippen LogP contribution is -2.25. The van der Waals surface area contributed by atoms with Gasteiger partial charge in [0.1, 0.15) is 5.76 Å². The normalized spacial score (nSPS) is 12.6. The van der Waals surface area contributed by atoms with Crippen LogP contribution in [0.5, 0.6) is 0 Å². The molecule has 0 spiro atoms. The summed E-state index contributed by atoms with van der Waals surface area (Å²) in [5.74, 6) is 0.720. The highest BCUT2D eigenvalue weighted by Gasteiger charge is 2.27. The van der Waals surface area contributed by atoms with Crippen molar-refractivity contribution >= 4 is 0 Å². The first kappa shape index (κ1) is 16.0. The van der Waals surface area contributed by atoms with Crippen molar-refractivity contribution in [3.8, 4) is 0 Å². The fourth-order valence-corrected chi connectivity index (χ4v) is 1.62. The third kappa shape index (κ3) is 6.63. The Labute approximate surface area is 111 Å². The van der Waals surface area contributed by atoms with Crippen molar-refractivity contribution in [1.82, 2.24) is 10.2 Å². The van der Waals surface area contributed by atoms with Gasteiger partial charge in [-0.3, -0.25) is 4.90 Å². The minimum absolute atomic E-state index is 0.0265. The van der Waals surface area contributed by atoms with Crippen molar-refractivity contribution in [2.75, 3.05) is 13.6 Å². The molecule has 1 heterocycles. The Morgan fingerprint density at radius 3 is 2.63 bits per heavy atom. The Kier molecular flexibility index (Phi) is 5.87. The van der Waals surface area contributed by atoms with Crippen LogP contribution in [0.25, 0.3) is 0 Å². The first-order valence-corrected chi connectivity index (χ1v) is 6.32. The predicted molar refractivity (Wildman–Crippen MR) is 67.7 cm³/mol. The van der Waals surface area contributed by atoms with E-state index in [9.17, 15) is 13.2 Å². The molecule has 0 amide bonds. The largest absolute Gasteiger partial charge is 0.468 e. The van der Waals surface area contributed by atoms with E-state index >= 15 is 0 Å². The zero-order valence-corrected chi connectivity index (χ0v) is 11.5. The minimum Gasteiger partial charge on any atom is -0.468 e. The average molecular weight is 278 g/mol. The molecule has 0 aliphatic rings. The Morgan fingerprint density at radius 1 is 1.37 bits per heavy atom. The number of hydrogen-bond donors (Lipinski definition) is 1. The number of furan rings is 1. The summed E-state index contributed by atoms with van der Waals surface area (Å²) in [6, 6.07) is 2.20. The third-order valence-electron chi connectivity index (χ3n) is 2.73. The lowest BCUT2D eigenvalue weighted by atomic mass is 10.2. The van der Waals surface area contributed by atoms with Crippen LogP contribution in [0.2, 0.25) is 0 Å². The van der Waals surface area contributed by atoms with Crippen LogP contribution in [-0.4, -0.2) is 30.7 Å². The summed E-state index contributed by atoms with van der Waals surface area (Å²) in [6.45, 7) is 5.10. The molecule has 1 rings (SSSR count). The molecular formula is C13H21F3N2O. The van der Waals surface area contributed by atoms with E-state index in [0.29, 0.717) is 19.1 Å². The van der Waals surface area contributed by atoms with Crippen molar-refractivity contribution in [2.24, 2.45) is 0 Å². The Bertz CT molecular complexity index is 374. The Hall–Kier alpha value is -1.01. The topological polar surface area (TPSA) is 28.4 Å². The van der Waals surface area contributed by atoms with Crippen molar-refractivity contribution in [3.05, 3.63) is 23.7 Å². The second-order valence-corrected chi connectivity index (χ2v) is 5.01. The quantitative estimate of drug-likeness (QED) is 0.830. The highest BCUT2D eigenvalue weighted by molar-refractivity contribution is 5.16. The van der Waals surface area contributed by atoms with Crippen LogP contribution in [0.15, 0.2) is 16.7 Å². The molecule has 0 saturated carbocycles. The van der Waals surface area contributed by atoms with E-state index in [1.807, 2.05) is 19.9 Å². The van der Waals surface area contributed by atoms with Crippen LogP contribution in [0.3, 0.4) is 0 Å². The summed E-state index contributed by atoms with van der Waals surface area (Å²) < 4.78 is 41.7. The zero-order chi connectivity index (χ0) is 14.5. The van der Waals surface area contributed by atoms with Gasteiger partial charge in [-0.2, -0.15) is 13.2 Å². The molecule has 0 aromatic carbocycles. The van der Waals surface area contributed by atoms with Gasteiger partial charge in [0.05, 0.1) is 19.2 Å². The second-order valence-electron chi connectivity index (χ2n) is 5.01. The molecule has 0 bridgehead atoms. The molecule has 1 aromatic heterocycles. The van der Waals surface area contributed by atoms with Crippen LogP contribution in [-0.2, 0) is 13.1 Å². The smallest absolute Gasteiger partial charge is 0.390 e. The molecule has 19 heavy (non-hydrogen) atoms. The van der Waals surface area contributed by atoms with Crippen LogP contribution in [0.1, 0.15) is 31.6 Å². The number of halogens is 3. The number of alkyl halides is 3. The fraction of sp³-hybridized carbons (Fsp3) is 0.692. The molecule has 3 nitrogen and oxygen atoms in total. The molecule has 0 saturated heterocycles. The Balaban J connectivity index is 2.45. The zero-order valence-electron chi connectivity index (χ0n) is 11.5. The van der Waals surface area contributed by atoms with Crippen molar-refractivity contribution < 1.29 is 17.6 Å². The van der Waals surface area contributed by atoms with Gasteiger partial charge in [-0.05, 0) is 13.1 Å². The van der Waals surface area contributed by atoms with Gasteiger partial charge in [0.25, 0.3) is 0 Å². The highest BCUT2D eigenvalue weighted by atomic mass is 19.4. The second kappa shape index (κ2) is 6.96. The molecule has 1 N–H and O–H groups in total. The van der Waals surface area contributed by atoms with Gasteiger partial charge < -0.3 is 9.73 Å². The summed E-state index contributed by atoms with van der Waals surface area (Å²) >= 11 is 0. The van der Waals surface area contributed by atoms with E-state index in [4.69, 9.17) is 4.42 Å².